The maximum absolute atomic E-state index is 13.1. The Morgan fingerprint density at radius 1 is 0.739 bits per heavy atom. The van der Waals surface area contributed by atoms with Crippen LogP contribution in [0, 0.1) is 0 Å². The summed E-state index contributed by atoms with van der Waals surface area (Å²) in [7, 11) is 0. The number of imide groups is 1. The molecule has 238 valence electrons. The van der Waals surface area contributed by atoms with Crippen LogP contribution in [0.15, 0.2) is 54.9 Å². The Labute approximate surface area is 270 Å². The molecule has 3 aromatic rings. The number of fused-ring (bicyclic) bond motifs is 1. The molecule has 0 bridgehead atoms. The van der Waals surface area contributed by atoms with Gasteiger partial charge in [0.1, 0.15) is 11.9 Å². The lowest BCUT2D eigenvalue weighted by Crippen LogP contribution is -2.52. The maximum Gasteiger partial charge on any atom is 0.255 e. The molecule has 4 fully saturated rings. The number of piperidine rings is 3. The summed E-state index contributed by atoms with van der Waals surface area (Å²) in [6.07, 6.45) is 11.7. The van der Waals surface area contributed by atoms with Crippen molar-refractivity contribution in [1.82, 2.24) is 25.1 Å². The summed E-state index contributed by atoms with van der Waals surface area (Å²) in [5.41, 5.74) is 6.93. The van der Waals surface area contributed by atoms with E-state index in [9.17, 15) is 14.4 Å². The Bertz CT molecular complexity index is 1620. The third-order valence-corrected chi connectivity index (χ3v) is 10.9. The van der Waals surface area contributed by atoms with Gasteiger partial charge in [-0.2, -0.15) is 0 Å². The first kappa shape index (κ1) is 29.3. The van der Waals surface area contributed by atoms with Crippen LogP contribution >= 0.6 is 0 Å². The standard InChI is InChI=1S/C37H42N6O3/c44-34-10-9-33(36(45)40-34)43-23-29-19-28(5-8-32(29)37(43)46)26-11-15-41(16-12-26)22-24-1-6-31(7-2-24)42-17-13-27(14-18-42)35-38-20-30(21-39-35)25-3-4-25/h1-2,5-8,19-21,25-27,33H,3-4,9-18,22-23H2,(H,40,44,45). The van der Waals surface area contributed by atoms with Crippen LogP contribution in [0.25, 0.3) is 0 Å². The minimum Gasteiger partial charge on any atom is -0.371 e. The van der Waals surface area contributed by atoms with Gasteiger partial charge in [-0.3, -0.25) is 24.6 Å². The molecule has 5 aliphatic rings. The van der Waals surface area contributed by atoms with Crippen molar-refractivity contribution in [2.45, 2.75) is 88.3 Å². The van der Waals surface area contributed by atoms with Crippen molar-refractivity contribution in [2.75, 3.05) is 31.1 Å². The van der Waals surface area contributed by atoms with Crippen LogP contribution in [0.4, 0.5) is 5.69 Å². The molecule has 4 aliphatic heterocycles. The van der Waals surface area contributed by atoms with Crippen LogP contribution in [0.2, 0.25) is 0 Å². The summed E-state index contributed by atoms with van der Waals surface area (Å²) < 4.78 is 0. The summed E-state index contributed by atoms with van der Waals surface area (Å²) in [6.45, 7) is 5.56. The van der Waals surface area contributed by atoms with Crippen molar-refractivity contribution in [3.8, 4) is 0 Å². The van der Waals surface area contributed by atoms with Gasteiger partial charge in [-0.25, -0.2) is 9.97 Å². The topological polar surface area (TPSA) is 98.7 Å². The van der Waals surface area contributed by atoms with E-state index in [2.05, 4.69) is 63.9 Å². The molecule has 5 heterocycles. The molecular formula is C37H42N6O3. The molecule has 1 saturated carbocycles. The van der Waals surface area contributed by atoms with Gasteiger partial charge in [-0.1, -0.05) is 24.3 Å². The molecule has 3 amide bonds. The summed E-state index contributed by atoms with van der Waals surface area (Å²) in [5, 5.41) is 2.38. The Morgan fingerprint density at radius 2 is 1.43 bits per heavy atom. The Balaban J connectivity index is 0.814. The van der Waals surface area contributed by atoms with Crippen LogP contribution in [0.3, 0.4) is 0 Å². The lowest BCUT2D eigenvalue weighted by atomic mass is 9.87. The first-order valence-corrected chi connectivity index (χ1v) is 17.1. The lowest BCUT2D eigenvalue weighted by Gasteiger charge is -2.34. The van der Waals surface area contributed by atoms with Gasteiger partial charge >= 0.3 is 0 Å². The molecule has 0 radical (unpaired) electrons. The quantitative estimate of drug-likeness (QED) is 0.377. The number of likely N-dealkylation sites (tertiary alicyclic amines) is 1. The normalized spacial score (nSPS) is 23.1. The van der Waals surface area contributed by atoms with Crippen LogP contribution in [-0.4, -0.2) is 69.7 Å². The van der Waals surface area contributed by atoms with E-state index in [1.54, 1.807) is 4.90 Å². The molecule has 2 aromatic carbocycles. The van der Waals surface area contributed by atoms with Gasteiger partial charge in [-0.05, 0) is 110 Å². The third kappa shape index (κ3) is 5.93. The fourth-order valence-electron chi connectivity index (χ4n) is 7.93. The Hall–Kier alpha value is -4.11. The molecular weight excluding hydrogens is 576 g/mol. The highest BCUT2D eigenvalue weighted by Gasteiger charge is 2.39. The SMILES string of the molecule is O=C1CCC(N2Cc3cc(C4CCN(Cc5ccc(N6CCC(c7ncc(C8CC8)cn7)CC6)cc5)CC4)ccc3C2=O)C(=O)N1. The number of hydrogen-bond acceptors (Lipinski definition) is 7. The molecule has 9 heteroatoms. The van der Waals surface area contributed by atoms with Crippen LogP contribution in [0.5, 0.6) is 0 Å². The number of aromatic nitrogens is 2. The molecule has 1 unspecified atom stereocenters. The van der Waals surface area contributed by atoms with Crippen LogP contribution in [0.1, 0.15) is 108 Å². The van der Waals surface area contributed by atoms with E-state index >= 15 is 0 Å². The number of nitrogens with zero attached hydrogens (tertiary/aromatic N) is 5. The van der Waals surface area contributed by atoms with E-state index in [1.165, 1.54) is 35.2 Å². The van der Waals surface area contributed by atoms with Crippen molar-refractivity contribution in [1.29, 1.82) is 0 Å². The molecule has 1 aromatic heterocycles. The molecule has 1 aliphatic carbocycles. The second-order valence-corrected chi connectivity index (χ2v) is 13.9. The number of amides is 3. The minimum atomic E-state index is -0.569. The highest BCUT2D eigenvalue weighted by Crippen LogP contribution is 2.40. The van der Waals surface area contributed by atoms with E-state index < -0.39 is 6.04 Å². The van der Waals surface area contributed by atoms with Crippen LogP contribution in [-0.2, 0) is 22.7 Å². The van der Waals surface area contributed by atoms with E-state index in [0.29, 0.717) is 36.3 Å². The first-order valence-electron chi connectivity index (χ1n) is 17.1. The number of carbonyl (C=O) groups is 3. The molecule has 0 spiro atoms. The summed E-state index contributed by atoms with van der Waals surface area (Å²) in [5.74, 6) is 1.92. The second-order valence-electron chi connectivity index (χ2n) is 13.9. The first-order chi connectivity index (χ1) is 22.5. The van der Waals surface area contributed by atoms with Gasteiger partial charge in [0, 0.05) is 62.2 Å². The number of nitrogens with one attached hydrogen (secondary N) is 1. The molecule has 9 nitrogen and oxygen atoms in total. The Kier molecular flexibility index (Phi) is 7.80. The predicted octanol–water partition coefficient (Wildman–Crippen LogP) is 4.88. The van der Waals surface area contributed by atoms with E-state index in [-0.39, 0.29) is 24.1 Å². The average molecular weight is 619 g/mol. The van der Waals surface area contributed by atoms with Gasteiger partial charge in [0.15, 0.2) is 0 Å². The fourth-order valence-corrected chi connectivity index (χ4v) is 7.93. The monoisotopic (exact) mass is 618 g/mol. The summed E-state index contributed by atoms with van der Waals surface area (Å²) >= 11 is 0. The van der Waals surface area contributed by atoms with Crippen LogP contribution < -0.4 is 10.2 Å². The molecule has 8 rings (SSSR count). The molecule has 3 saturated heterocycles. The molecule has 46 heavy (non-hydrogen) atoms. The minimum absolute atomic E-state index is 0.106. The van der Waals surface area contributed by atoms with Gasteiger partial charge in [0.2, 0.25) is 11.8 Å². The van der Waals surface area contributed by atoms with Crippen molar-refractivity contribution in [2.24, 2.45) is 0 Å². The van der Waals surface area contributed by atoms with Crippen molar-refractivity contribution in [3.05, 3.63) is 88.5 Å². The highest BCUT2D eigenvalue weighted by molar-refractivity contribution is 6.05. The third-order valence-electron chi connectivity index (χ3n) is 10.9. The zero-order chi connectivity index (χ0) is 31.2. The predicted molar refractivity (Wildman–Crippen MR) is 174 cm³/mol. The maximum atomic E-state index is 13.1. The number of anilines is 1. The van der Waals surface area contributed by atoms with E-state index in [0.717, 1.165) is 69.8 Å². The van der Waals surface area contributed by atoms with Crippen molar-refractivity contribution < 1.29 is 14.4 Å². The fraction of sp³-hybridized carbons (Fsp3) is 0.486. The second kappa shape index (κ2) is 12.2. The van der Waals surface area contributed by atoms with Crippen molar-refractivity contribution >= 4 is 23.4 Å². The highest BCUT2D eigenvalue weighted by atomic mass is 16.2. The zero-order valence-corrected chi connectivity index (χ0v) is 26.4. The number of carbonyl (C=O) groups excluding carboxylic acids is 3. The zero-order valence-electron chi connectivity index (χ0n) is 26.4. The van der Waals surface area contributed by atoms with Gasteiger partial charge in [-0.15, -0.1) is 0 Å². The lowest BCUT2D eigenvalue weighted by molar-refractivity contribution is -0.136. The average Bonchev–Trinajstić information content (AvgIpc) is 3.89. The smallest absolute Gasteiger partial charge is 0.255 e. The summed E-state index contributed by atoms with van der Waals surface area (Å²) in [6, 6.07) is 14.8. The van der Waals surface area contributed by atoms with E-state index in [1.807, 2.05) is 6.07 Å². The van der Waals surface area contributed by atoms with Gasteiger partial charge < -0.3 is 9.80 Å². The van der Waals surface area contributed by atoms with Gasteiger partial charge in [0.25, 0.3) is 5.91 Å². The number of hydrogen-bond donors (Lipinski definition) is 1. The largest absolute Gasteiger partial charge is 0.371 e. The summed E-state index contributed by atoms with van der Waals surface area (Å²) in [4.78, 5) is 53.2. The molecule has 1 atom stereocenters. The molecule has 1 N–H and O–H groups in total. The number of benzene rings is 2. The van der Waals surface area contributed by atoms with Gasteiger partial charge in [0.05, 0.1) is 0 Å². The van der Waals surface area contributed by atoms with Crippen molar-refractivity contribution in [3.63, 3.8) is 0 Å². The Morgan fingerprint density at radius 3 is 2.13 bits per heavy atom. The number of rotatable bonds is 7. The van der Waals surface area contributed by atoms with E-state index in [4.69, 9.17) is 9.97 Å².